The Morgan fingerprint density at radius 1 is 1.29 bits per heavy atom. The fraction of sp³-hybridized carbons (Fsp3) is 0.538. The van der Waals surface area contributed by atoms with E-state index in [1.807, 2.05) is 0 Å². The third kappa shape index (κ3) is 3.61. The zero-order chi connectivity index (χ0) is 18.0. The minimum atomic E-state index is -3.14. The lowest BCUT2D eigenvalue weighted by atomic mass is 10.2. The van der Waals surface area contributed by atoms with Gasteiger partial charge in [-0.3, -0.25) is 0 Å². The number of hydrogen-bond donors (Lipinski definition) is 1. The van der Waals surface area contributed by atoms with Crippen LogP contribution in [-0.4, -0.2) is 46.3 Å². The third-order valence-corrected chi connectivity index (χ3v) is 2.58. The quantitative estimate of drug-likeness (QED) is 0.840. The van der Waals surface area contributed by atoms with Gasteiger partial charge in [0, 0.05) is 38.9 Å². The van der Waals surface area contributed by atoms with E-state index >= 15 is 0 Å². The predicted octanol–water partition coefficient (Wildman–Crippen LogP) is 1.12. The van der Waals surface area contributed by atoms with Gasteiger partial charge >= 0.3 is 0 Å². The van der Waals surface area contributed by atoms with Crippen molar-refractivity contribution in [3.8, 4) is 5.75 Å². The summed E-state index contributed by atoms with van der Waals surface area (Å²) < 4.78 is 60.3. The highest BCUT2D eigenvalue weighted by atomic mass is 16.5. The van der Waals surface area contributed by atoms with Gasteiger partial charge in [0.2, 0.25) is 0 Å². The molecule has 1 saturated heterocycles. The van der Waals surface area contributed by atoms with Crippen molar-refractivity contribution in [1.82, 2.24) is 5.32 Å². The second-order valence-electron chi connectivity index (χ2n) is 3.64. The monoisotopic (exact) mass is 243 g/mol. The molecular formula is C13H20N2O2. The van der Waals surface area contributed by atoms with E-state index in [-0.39, 0.29) is 5.75 Å². The summed E-state index contributed by atoms with van der Waals surface area (Å²) in [5.74, 6) is 0.0805. The highest BCUT2D eigenvalue weighted by Gasteiger charge is 2.09. The van der Waals surface area contributed by atoms with Crippen molar-refractivity contribution in [2.24, 2.45) is 0 Å². The van der Waals surface area contributed by atoms with Crippen LogP contribution in [0.25, 0.3) is 0 Å². The van der Waals surface area contributed by atoms with Crippen LogP contribution in [0, 0.1) is 0 Å². The molecule has 1 N–H and O–H groups in total. The molecule has 2 rings (SSSR count). The Kier molecular flexibility index (Phi) is 2.31. The molecule has 0 unspecified atom stereocenters. The molecule has 0 spiro atoms. The van der Waals surface area contributed by atoms with Crippen LogP contribution in [0.3, 0.4) is 0 Å². The first kappa shape index (κ1) is 6.07. The van der Waals surface area contributed by atoms with Gasteiger partial charge in [0.05, 0.1) is 16.2 Å². The summed E-state index contributed by atoms with van der Waals surface area (Å²) in [5.41, 5.74) is 0.950. The maximum Gasteiger partial charge on any atom is 0.119 e. The number of anilines is 1. The lowest BCUT2D eigenvalue weighted by Gasteiger charge is -2.29. The van der Waals surface area contributed by atoms with E-state index in [2.05, 4.69) is 15.0 Å². The van der Waals surface area contributed by atoms with E-state index in [9.17, 15) is 0 Å². The molecule has 0 aromatic heterocycles. The van der Waals surface area contributed by atoms with Gasteiger partial charge < -0.3 is 19.7 Å². The lowest BCUT2D eigenvalue weighted by molar-refractivity contribution is 0.146. The smallest absolute Gasteiger partial charge is 0.119 e. The summed E-state index contributed by atoms with van der Waals surface area (Å²) in [6, 6.07) is 6.52. The minimum absolute atomic E-state index is 0.0805. The SMILES string of the molecule is [2H]C([2H])([2H])OC([2H])([2H])C([2H])([2H])Oc1ccc(N2CCNCC2)cc1. The Labute approximate surface area is 112 Å². The molecule has 1 aliphatic heterocycles. The van der Waals surface area contributed by atoms with Gasteiger partial charge in [-0.25, -0.2) is 0 Å². The van der Waals surface area contributed by atoms with E-state index in [1.165, 1.54) is 12.1 Å². The molecule has 1 heterocycles. The molecule has 0 bridgehead atoms. The van der Waals surface area contributed by atoms with Crippen molar-refractivity contribution < 1.29 is 19.1 Å². The molecule has 0 aliphatic carbocycles. The summed E-state index contributed by atoms with van der Waals surface area (Å²) in [5, 5.41) is 3.24. The largest absolute Gasteiger partial charge is 0.491 e. The van der Waals surface area contributed by atoms with Crippen LogP contribution in [0.1, 0.15) is 9.60 Å². The summed E-state index contributed by atoms with van der Waals surface area (Å²) in [6.45, 7) is -2.64. The number of piperazine rings is 1. The summed E-state index contributed by atoms with van der Waals surface area (Å²) in [6.07, 6.45) is 0. The van der Waals surface area contributed by atoms with Crippen LogP contribution in [0.15, 0.2) is 24.3 Å². The molecule has 0 radical (unpaired) electrons. The summed E-state index contributed by atoms with van der Waals surface area (Å²) >= 11 is 0. The van der Waals surface area contributed by atoms with Gasteiger partial charge in [-0.2, -0.15) is 0 Å². The number of hydrogen-bond acceptors (Lipinski definition) is 4. The molecule has 1 aliphatic rings. The van der Waals surface area contributed by atoms with E-state index in [1.54, 1.807) is 12.1 Å². The fourth-order valence-electron chi connectivity index (χ4n) is 1.75. The van der Waals surface area contributed by atoms with Crippen molar-refractivity contribution >= 4 is 5.69 Å². The fourth-order valence-corrected chi connectivity index (χ4v) is 1.75. The first-order chi connectivity index (χ1) is 11.0. The molecule has 0 amide bonds. The third-order valence-electron chi connectivity index (χ3n) is 2.58. The molecule has 17 heavy (non-hydrogen) atoms. The van der Waals surface area contributed by atoms with Crippen LogP contribution in [0.4, 0.5) is 5.69 Å². The zero-order valence-corrected chi connectivity index (χ0v) is 9.40. The molecule has 4 nitrogen and oxygen atoms in total. The molecular weight excluding hydrogens is 216 g/mol. The first-order valence-corrected chi connectivity index (χ1v) is 5.45. The van der Waals surface area contributed by atoms with Gasteiger partial charge in [-0.1, -0.05) is 0 Å². The van der Waals surface area contributed by atoms with Crippen molar-refractivity contribution in [2.75, 3.05) is 51.2 Å². The lowest BCUT2D eigenvalue weighted by Crippen LogP contribution is -2.43. The molecule has 1 aromatic rings. The van der Waals surface area contributed by atoms with Crippen LogP contribution < -0.4 is 15.0 Å². The maximum atomic E-state index is 7.67. The van der Waals surface area contributed by atoms with E-state index < -0.39 is 20.2 Å². The van der Waals surface area contributed by atoms with E-state index in [0.29, 0.717) is 0 Å². The van der Waals surface area contributed by atoms with Crippen molar-refractivity contribution in [3.05, 3.63) is 24.3 Å². The molecule has 0 saturated carbocycles. The predicted molar refractivity (Wildman–Crippen MR) is 68.9 cm³/mol. The van der Waals surface area contributed by atoms with Gasteiger partial charge in [-0.15, -0.1) is 0 Å². The summed E-state index contributed by atoms with van der Waals surface area (Å²) in [7, 11) is -3.08. The van der Waals surface area contributed by atoms with Gasteiger partial charge in [-0.05, 0) is 24.3 Å². The van der Waals surface area contributed by atoms with Gasteiger partial charge in [0.25, 0.3) is 0 Å². The highest BCUT2D eigenvalue weighted by molar-refractivity contribution is 5.49. The van der Waals surface area contributed by atoms with Crippen molar-refractivity contribution in [3.63, 3.8) is 0 Å². The average Bonchev–Trinajstić information content (AvgIpc) is 2.46. The van der Waals surface area contributed by atoms with Crippen LogP contribution in [-0.2, 0) is 4.74 Å². The minimum Gasteiger partial charge on any atom is -0.491 e. The number of nitrogens with zero attached hydrogens (tertiary/aromatic N) is 1. The van der Waals surface area contributed by atoms with Crippen LogP contribution in [0.2, 0.25) is 0 Å². The highest BCUT2D eigenvalue weighted by Crippen LogP contribution is 2.19. The number of rotatable bonds is 5. The second kappa shape index (κ2) is 6.47. The van der Waals surface area contributed by atoms with Gasteiger partial charge in [0.1, 0.15) is 12.3 Å². The Balaban J connectivity index is 2.06. The number of methoxy groups -OCH3 is 1. The van der Waals surface area contributed by atoms with Crippen LogP contribution in [0.5, 0.6) is 5.75 Å². The molecule has 94 valence electrons. The number of ether oxygens (including phenoxy) is 2. The maximum absolute atomic E-state index is 7.67. The van der Waals surface area contributed by atoms with Crippen molar-refractivity contribution in [2.45, 2.75) is 0 Å². The topological polar surface area (TPSA) is 33.7 Å². The number of nitrogens with one attached hydrogen (secondary N) is 1. The van der Waals surface area contributed by atoms with Crippen molar-refractivity contribution in [1.29, 1.82) is 0 Å². The molecule has 4 heteroatoms. The normalized spacial score (nSPS) is 24.5. The molecule has 0 atom stereocenters. The molecule has 1 fully saturated rings. The Morgan fingerprint density at radius 2 is 2.06 bits per heavy atom. The Hall–Kier alpha value is -1.26. The zero-order valence-electron chi connectivity index (χ0n) is 16.4. The standard InChI is InChI=1S/C13H20N2O2/c1-16-10-11-17-13-4-2-12(3-5-13)15-8-6-14-7-9-15/h2-5,14H,6-11H2,1H3/i1D3,10D2,11D2. The second-order valence-corrected chi connectivity index (χ2v) is 3.64. The van der Waals surface area contributed by atoms with E-state index in [4.69, 9.17) is 14.3 Å². The number of benzene rings is 1. The Morgan fingerprint density at radius 3 is 2.76 bits per heavy atom. The van der Waals surface area contributed by atoms with E-state index in [0.717, 1.165) is 31.9 Å². The summed E-state index contributed by atoms with van der Waals surface area (Å²) in [4.78, 5) is 2.16. The average molecular weight is 243 g/mol. The van der Waals surface area contributed by atoms with Gasteiger partial charge in [0.15, 0.2) is 0 Å². The Bertz CT molecular complexity index is 542. The van der Waals surface area contributed by atoms with Crippen LogP contribution >= 0.6 is 0 Å². The first-order valence-electron chi connectivity index (χ1n) is 8.95. The molecule has 1 aromatic carbocycles.